The number of carbonyl (C=O) groups is 2. The number of hydrogen-bond acceptors (Lipinski definition) is 7. The number of amides is 2. The molecule has 0 saturated carbocycles. The molecule has 0 radical (unpaired) electrons. The Kier molecular flexibility index (Phi) is 6.03. The van der Waals surface area contributed by atoms with Crippen molar-refractivity contribution in [2.75, 3.05) is 44.1 Å². The first kappa shape index (κ1) is 20.7. The van der Waals surface area contributed by atoms with E-state index < -0.39 is 0 Å². The number of carbonyl (C=O) groups excluding carboxylic acids is 2. The van der Waals surface area contributed by atoms with E-state index in [4.69, 9.17) is 9.47 Å². The summed E-state index contributed by atoms with van der Waals surface area (Å²) in [5.41, 5.74) is 2.68. The van der Waals surface area contributed by atoms with Gasteiger partial charge in [0.25, 0.3) is 5.91 Å². The Morgan fingerprint density at radius 1 is 1.16 bits per heavy atom. The molecule has 8 nitrogen and oxygen atoms in total. The number of ether oxygens (including phenoxy) is 2. The Balaban J connectivity index is 1.47. The van der Waals surface area contributed by atoms with E-state index in [9.17, 15) is 9.59 Å². The monoisotopic (exact) mass is 438 g/mol. The summed E-state index contributed by atoms with van der Waals surface area (Å²) in [4.78, 5) is 30.7. The molecule has 1 aromatic heterocycles. The summed E-state index contributed by atoms with van der Waals surface area (Å²) in [5.74, 6) is 0.894. The molecule has 1 fully saturated rings. The van der Waals surface area contributed by atoms with Crippen LogP contribution in [0.15, 0.2) is 47.8 Å². The predicted molar refractivity (Wildman–Crippen MR) is 120 cm³/mol. The Labute approximate surface area is 183 Å². The number of aromatic nitrogens is 1. The van der Waals surface area contributed by atoms with E-state index in [1.165, 1.54) is 11.3 Å². The number of hydrogen-bond donors (Lipinski definition) is 2. The number of para-hydroxylation sites is 1. The average Bonchev–Trinajstić information content (AvgIpc) is 3.29. The van der Waals surface area contributed by atoms with Crippen molar-refractivity contribution >= 4 is 34.5 Å². The number of benzene rings is 2. The highest BCUT2D eigenvalue weighted by atomic mass is 32.1. The van der Waals surface area contributed by atoms with Crippen molar-refractivity contribution in [2.45, 2.75) is 0 Å². The highest BCUT2D eigenvalue weighted by Gasteiger charge is 2.18. The molecule has 0 spiro atoms. The number of anilines is 2. The van der Waals surface area contributed by atoms with Crippen LogP contribution in [0.2, 0.25) is 0 Å². The zero-order valence-corrected chi connectivity index (χ0v) is 18.0. The SMILES string of the molecule is COc1cccc(-c2nc(C(=O)Nc3ccc(N4CCNC(=O)C4)cc3)cs2)c1OC. The predicted octanol–water partition coefficient (Wildman–Crippen LogP) is 3.02. The minimum absolute atomic E-state index is 0.00984. The quantitative estimate of drug-likeness (QED) is 0.615. The van der Waals surface area contributed by atoms with Gasteiger partial charge in [-0.1, -0.05) is 6.07 Å². The molecule has 1 aliphatic heterocycles. The van der Waals surface area contributed by atoms with Crippen molar-refractivity contribution in [1.29, 1.82) is 0 Å². The molecular formula is C22H22N4O4S. The van der Waals surface area contributed by atoms with E-state index in [1.54, 1.807) is 19.6 Å². The highest BCUT2D eigenvalue weighted by Crippen LogP contribution is 2.39. The summed E-state index contributed by atoms with van der Waals surface area (Å²) in [5, 5.41) is 8.05. The number of thiazole rings is 1. The lowest BCUT2D eigenvalue weighted by Gasteiger charge is -2.28. The molecule has 4 rings (SSSR count). The number of piperazine rings is 1. The summed E-state index contributed by atoms with van der Waals surface area (Å²) in [6.45, 7) is 1.72. The molecule has 3 aromatic rings. The van der Waals surface area contributed by atoms with Crippen LogP contribution in [-0.4, -0.2) is 50.7 Å². The van der Waals surface area contributed by atoms with Gasteiger partial charge in [0.2, 0.25) is 5.91 Å². The van der Waals surface area contributed by atoms with E-state index in [0.29, 0.717) is 41.0 Å². The van der Waals surface area contributed by atoms with Crippen LogP contribution in [0.4, 0.5) is 11.4 Å². The lowest BCUT2D eigenvalue weighted by atomic mass is 10.2. The van der Waals surface area contributed by atoms with Crippen LogP contribution in [-0.2, 0) is 4.79 Å². The average molecular weight is 439 g/mol. The zero-order chi connectivity index (χ0) is 21.8. The minimum atomic E-state index is -0.297. The van der Waals surface area contributed by atoms with Gasteiger partial charge in [0.1, 0.15) is 10.7 Å². The fraction of sp³-hybridized carbons (Fsp3) is 0.227. The number of rotatable bonds is 6. The van der Waals surface area contributed by atoms with Gasteiger partial charge in [-0.25, -0.2) is 4.98 Å². The fourth-order valence-electron chi connectivity index (χ4n) is 3.37. The van der Waals surface area contributed by atoms with Gasteiger partial charge in [0, 0.05) is 29.8 Å². The third kappa shape index (κ3) is 4.46. The molecule has 2 aromatic carbocycles. The van der Waals surface area contributed by atoms with Gasteiger partial charge in [-0.2, -0.15) is 0 Å². The van der Waals surface area contributed by atoms with Crippen molar-refractivity contribution in [2.24, 2.45) is 0 Å². The first-order valence-electron chi connectivity index (χ1n) is 9.69. The molecule has 31 heavy (non-hydrogen) atoms. The van der Waals surface area contributed by atoms with Crippen molar-refractivity contribution in [3.05, 3.63) is 53.5 Å². The van der Waals surface area contributed by atoms with E-state index in [0.717, 1.165) is 17.8 Å². The van der Waals surface area contributed by atoms with Crippen LogP contribution in [0.1, 0.15) is 10.5 Å². The summed E-state index contributed by atoms with van der Waals surface area (Å²) in [6, 6.07) is 13.0. The maximum Gasteiger partial charge on any atom is 0.275 e. The molecule has 9 heteroatoms. The number of methoxy groups -OCH3 is 2. The first-order valence-corrected chi connectivity index (χ1v) is 10.6. The molecule has 1 aliphatic rings. The van der Waals surface area contributed by atoms with E-state index in [1.807, 2.05) is 47.4 Å². The van der Waals surface area contributed by atoms with Gasteiger partial charge in [-0.3, -0.25) is 9.59 Å². The molecule has 0 atom stereocenters. The highest BCUT2D eigenvalue weighted by molar-refractivity contribution is 7.13. The van der Waals surface area contributed by atoms with Gasteiger partial charge in [0.15, 0.2) is 11.5 Å². The van der Waals surface area contributed by atoms with Crippen molar-refractivity contribution in [1.82, 2.24) is 10.3 Å². The number of nitrogens with one attached hydrogen (secondary N) is 2. The normalized spacial score (nSPS) is 13.5. The molecular weight excluding hydrogens is 416 g/mol. The van der Waals surface area contributed by atoms with Crippen LogP contribution in [0.25, 0.3) is 10.6 Å². The van der Waals surface area contributed by atoms with Gasteiger partial charge >= 0.3 is 0 Å². The fourth-order valence-corrected chi connectivity index (χ4v) is 4.19. The van der Waals surface area contributed by atoms with Crippen LogP contribution in [0.3, 0.4) is 0 Å². The van der Waals surface area contributed by atoms with Crippen molar-refractivity contribution in [3.63, 3.8) is 0 Å². The van der Waals surface area contributed by atoms with Gasteiger partial charge < -0.3 is 25.0 Å². The van der Waals surface area contributed by atoms with Crippen LogP contribution < -0.4 is 25.0 Å². The van der Waals surface area contributed by atoms with E-state index in [2.05, 4.69) is 15.6 Å². The number of nitrogens with zero attached hydrogens (tertiary/aromatic N) is 2. The Morgan fingerprint density at radius 2 is 1.97 bits per heavy atom. The minimum Gasteiger partial charge on any atom is -0.493 e. The molecule has 0 bridgehead atoms. The second-order valence-corrected chi connectivity index (χ2v) is 7.71. The van der Waals surface area contributed by atoms with E-state index in [-0.39, 0.29) is 11.8 Å². The summed E-state index contributed by atoms with van der Waals surface area (Å²) < 4.78 is 10.8. The van der Waals surface area contributed by atoms with Crippen molar-refractivity contribution in [3.8, 4) is 22.1 Å². The Hall–Kier alpha value is -3.59. The lowest BCUT2D eigenvalue weighted by Crippen LogP contribution is -2.47. The molecule has 160 valence electrons. The topological polar surface area (TPSA) is 92.8 Å². The second-order valence-electron chi connectivity index (χ2n) is 6.85. The first-order chi connectivity index (χ1) is 15.1. The molecule has 2 heterocycles. The van der Waals surface area contributed by atoms with Crippen LogP contribution in [0, 0.1) is 0 Å². The third-order valence-electron chi connectivity index (χ3n) is 4.90. The molecule has 2 N–H and O–H groups in total. The molecule has 1 saturated heterocycles. The summed E-state index contributed by atoms with van der Waals surface area (Å²) in [6.07, 6.45) is 0. The van der Waals surface area contributed by atoms with Crippen LogP contribution in [0.5, 0.6) is 11.5 Å². The lowest BCUT2D eigenvalue weighted by molar-refractivity contribution is -0.120. The van der Waals surface area contributed by atoms with Crippen molar-refractivity contribution < 1.29 is 19.1 Å². The van der Waals surface area contributed by atoms with Gasteiger partial charge in [0.05, 0.1) is 26.3 Å². The summed E-state index contributed by atoms with van der Waals surface area (Å²) in [7, 11) is 3.15. The van der Waals surface area contributed by atoms with Gasteiger partial charge in [-0.05, 0) is 36.4 Å². The summed E-state index contributed by atoms with van der Waals surface area (Å²) >= 11 is 1.36. The molecule has 0 unspecified atom stereocenters. The van der Waals surface area contributed by atoms with E-state index >= 15 is 0 Å². The largest absolute Gasteiger partial charge is 0.493 e. The molecule has 0 aliphatic carbocycles. The Morgan fingerprint density at radius 3 is 2.68 bits per heavy atom. The van der Waals surface area contributed by atoms with Gasteiger partial charge in [-0.15, -0.1) is 11.3 Å². The molecule has 2 amide bonds. The third-order valence-corrected chi connectivity index (χ3v) is 5.77. The maximum atomic E-state index is 12.7. The second kappa shape index (κ2) is 9.05. The maximum absolute atomic E-state index is 12.7. The standard InChI is InChI=1S/C22H22N4O4S/c1-29-18-5-3-4-16(20(18)30-2)22-25-17(13-31-22)21(28)24-14-6-8-15(9-7-14)26-11-10-23-19(27)12-26/h3-9,13H,10-12H2,1-2H3,(H,23,27)(H,24,28). The van der Waals surface area contributed by atoms with Crippen LogP contribution >= 0.6 is 11.3 Å². The zero-order valence-electron chi connectivity index (χ0n) is 17.2. The smallest absolute Gasteiger partial charge is 0.275 e. The Bertz CT molecular complexity index is 1100.